The first kappa shape index (κ1) is 11.1. The molecule has 1 saturated heterocycles. The first-order valence-electron chi connectivity index (χ1n) is 4.82. The van der Waals surface area contributed by atoms with E-state index >= 15 is 0 Å². The van der Waals surface area contributed by atoms with Crippen LogP contribution in [0.25, 0.3) is 0 Å². The summed E-state index contributed by atoms with van der Waals surface area (Å²) in [4.78, 5) is 0. The van der Waals surface area contributed by atoms with Crippen molar-refractivity contribution in [2.75, 3.05) is 25.2 Å². The molecule has 1 heterocycles. The van der Waals surface area contributed by atoms with Crippen LogP contribution in [0.15, 0.2) is 0 Å². The lowest BCUT2D eigenvalue weighted by atomic mass is 10.1. The van der Waals surface area contributed by atoms with Crippen molar-refractivity contribution in [2.24, 2.45) is 0 Å². The van der Waals surface area contributed by atoms with Crippen molar-refractivity contribution in [1.29, 1.82) is 0 Å². The van der Waals surface area contributed by atoms with E-state index in [1.54, 1.807) is 6.26 Å². The standard InChI is InChI=1S/C9H19NO2S/c1-8(7-13(2)11)10-9-4-3-5-12-6-9/h8-10H,3-7H2,1-2H3. The van der Waals surface area contributed by atoms with Gasteiger partial charge >= 0.3 is 0 Å². The summed E-state index contributed by atoms with van der Waals surface area (Å²) in [5, 5.41) is 3.43. The minimum absolute atomic E-state index is 0.331. The van der Waals surface area contributed by atoms with Crippen molar-refractivity contribution in [1.82, 2.24) is 5.32 Å². The maximum Gasteiger partial charge on any atom is 0.0619 e. The van der Waals surface area contributed by atoms with Gasteiger partial charge in [-0.25, -0.2) is 0 Å². The number of hydrogen-bond donors (Lipinski definition) is 1. The van der Waals surface area contributed by atoms with E-state index in [-0.39, 0.29) is 0 Å². The van der Waals surface area contributed by atoms with E-state index < -0.39 is 10.8 Å². The number of rotatable bonds is 4. The molecule has 3 atom stereocenters. The molecule has 0 aromatic heterocycles. The number of hydrogen-bond acceptors (Lipinski definition) is 3. The molecular weight excluding hydrogens is 186 g/mol. The Balaban J connectivity index is 2.18. The Morgan fingerprint density at radius 3 is 3.00 bits per heavy atom. The molecule has 1 aliphatic rings. The lowest BCUT2D eigenvalue weighted by Gasteiger charge is -2.26. The molecule has 0 aromatic rings. The highest BCUT2D eigenvalue weighted by Gasteiger charge is 2.16. The van der Waals surface area contributed by atoms with Crippen LogP contribution in [0.5, 0.6) is 0 Å². The summed E-state index contributed by atoms with van der Waals surface area (Å²) in [6.45, 7) is 3.78. The molecule has 0 radical (unpaired) electrons. The van der Waals surface area contributed by atoms with Crippen molar-refractivity contribution >= 4 is 10.8 Å². The van der Waals surface area contributed by atoms with Crippen LogP contribution in [0.3, 0.4) is 0 Å². The normalized spacial score (nSPS) is 28.3. The van der Waals surface area contributed by atoms with E-state index in [9.17, 15) is 4.21 Å². The summed E-state index contributed by atoms with van der Waals surface area (Å²) in [6.07, 6.45) is 4.07. The maximum atomic E-state index is 10.9. The molecule has 3 unspecified atom stereocenters. The molecular formula is C9H19NO2S. The molecule has 4 heteroatoms. The maximum absolute atomic E-state index is 10.9. The van der Waals surface area contributed by atoms with Gasteiger partial charge in [0.15, 0.2) is 0 Å². The van der Waals surface area contributed by atoms with Crippen molar-refractivity contribution in [3.8, 4) is 0 Å². The van der Waals surface area contributed by atoms with E-state index in [0.717, 1.165) is 25.4 Å². The highest BCUT2D eigenvalue weighted by molar-refractivity contribution is 7.84. The largest absolute Gasteiger partial charge is 0.380 e. The average molecular weight is 205 g/mol. The molecule has 1 rings (SSSR count). The average Bonchev–Trinajstić information content (AvgIpc) is 2.04. The zero-order valence-electron chi connectivity index (χ0n) is 8.41. The van der Waals surface area contributed by atoms with Gasteiger partial charge in [0.25, 0.3) is 0 Å². The second kappa shape index (κ2) is 5.73. The van der Waals surface area contributed by atoms with E-state index in [0.29, 0.717) is 12.1 Å². The summed E-state index contributed by atoms with van der Waals surface area (Å²) >= 11 is 0. The summed E-state index contributed by atoms with van der Waals surface area (Å²) in [5.74, 6) is 0.733. The van der Waals surface area contributed by atoms with Gasteiger partial charge in [-0.2, -0.15) is 0 Å². The summed E-state index contributed by atoms with van der Waals surface area (Å²) in [5.41, 5.74) is 0. The fraction of sp³-hybridized carbons (Fsp3) is 1.00. The van der Waals surface area contributed by atoms with Crippen LogP contribution in [0.4, 0.5) is 0 Å². The third-order valence-corrected chi connectivity index (χ3v) is 3.13. The highest BCUT2D eigenvalue weighted by atomic mass is 32.2. The molecule has 1 aliphatic heterocycles. The van der Waals surface area contributed by atoms with Gasteiger partial charge in [0.2, 0.25) is 0 Å². The first-order valence-corrected chi connectivity index (χ1v) is 6.55. The molecule has 3 nitrogen and oxygen atoms in total. The van der Waals surface area contributed by atoms with Crippen LogP contribution in [-0.4, -0.2) is 41.5 Å². The van der Waals surface area contributed by atoms with E-state index in [1.165, 1.54) is 6.42 Å². The number of nitrogens with one attached hydrogen (secondary N) is 1. The molecule has 1 fully saturated rings. The van der Waals surface area contributed by atoms with Gasteiger partial charge < -0.3 is 10.1 Å². The quantitative estimate of drug-likeness (QED) is 0.727. The zero-order valence-corrected chi connectivity index (χ0v) is 9.23. The Morgan fingerprint density at radius 1 is 1.69 bits per heavy atom. The van der Waals surface area contributed by atoms with Gasteiger partial charge in [0.1, 0.15) is 0 Å². The Morgan fingerprint density at radius 2 is 2.46 bits per heavy atom. The molecule has 13 heavy (non-hydrogen) atoms. The van der Waals surface area contributed by atoms with Crippen LogP contribution in [0, 0.1) is 0 Å². The van der Waals surface area contributed by atoms with Gasteiger partial charge in [-0.1, -0.05) is 0 Å². The Bertz CT molecular complexity index is 169. The van der Waals surface area contributed by atoms with Crippen LogP contribution in [0.2, 0.25) is 0 Å². The molecule has 0 aliphatic carbocycles. The van der Waals surface area contributed by atoms with Gasteiger partial charge in [-0.3, -0.25) is 4.21 Å². The van der Waals surface area contributed by atoms with Gasteiger partial charge in [-0.15, -0.1) is 0 Å². The lowest BCUT2D eigenvalue weighted by molar-refractivity contribution is 0.0680. The van der Waals surface area contributed by atoms with E-state index in [2.05, 4.69) is 12.2 Å². The van der Waals surface area contributed by atoms with Crippen LogP contribution in [0.1, 0.15) is 19.8 Å². The number of ether oxygens (including phenoxy) is 1. The first-order chi connectivity index (χ1) is 6.18. The monoisotopic (exact) mass is 205 g/mol. The Kier molecular flexibility index (Phi) is 4.91. The van der Waals surface area contributed by atoms with Crippen molar-refractivity contribution in [3.63, 3.8) is 0 Å². The minimum Gasteiger partial charge on any atom is -0.380 e. The Labute approximate surface area is 82.7 Å². The molecule has 0 bridgehead atoms. The fourth-order valence-corrected chi connectivity index (χ4v) is 2.48. The molecule has 0 spiro atoms. The van der Waals surface area contributed by atoms with E-state index in [4.69, 9.17) is 4.74 Å². The van der Waals surface area contributed by atoms with Gasteiger partial charge in [-0.05, 0) is 19.8 Å². The van der Waals surface area contributed by atoms with Gasteiger partial charge in [0, 0.05) is 41.5 Å². The smallest absolute Gasteiger partial charge is 0.0619 e. The third kappa shape index (κ3) is 4.74. The molecule has 0 saturated carbocycles. The second-order valence-electron chi connectivity index (χ2n) is 3.72. The molecule has 0 aromatic carbocycles. The van der Waals surface area contributed by atoms with Crippen LogP contribution < -0.4 is 5.32 Å². The molecule has 78 valence electrons. The van der Waals surface area contributed by atoms with Crippen molar-refractivity contribution in [2.45, 2.75) is 31.8 Å². The lowest BCUT2D eigenvalue weighted by Crippen LogP contribution is -2.43. The predicted molar refractivity (Wildman–Crippen MR) is 55.4 cm³/mol. The zero-order chi connectivity index (χ0) is 9.68. The summed E-state index contributed by atoms with van der Waals surface area (Å²) in [6, 6.07) is 0.796. The second-order valence-corrected chi connectivity index (χ2v) is 5.20. The molecule has 1 N–H and O–H groups in total. The highest BCUT2D eigenvalue weighted by Crippen LogP contribution is 2.06. The summed E-state index contributed by atoms with van der Waals surface area (Å²) < 4.78 is 16.3. The van der Waals surface area contributed by atoms with Crippen molar-refractivity contribution < 1.29 is 8.95 Å². The molecule has 0 amide bonds. The van der Waals surface area contributed by atoms with Crippen LogP contribution >= 0.6 is 0 Å². The minimum atomic E-state index is -0.703. The SMILES string of the molecule is CC(CS(C)=O)NC1CCCOC1. The topological polar surface area (TPSA) is 38.3 Å². The van der Waals surface area contributed by atoms with E-state index in [1.807, 2.05) is 0 Å². The summed E-state index contributed by atoms with van der Waals surface area (Å²) in [7, 11) is -0.703. The van der Waals surface area contributed by atoms with Crippen LogP contribution in [-0.2, 0) is 15.5 Å². The predicted octanol–water partition coefficient (Wildman–Crippen LogP) is 0.522. The fourth-order valence-electron chi connectivity index (χ4n) is 1.67. The Hall–Kier alpha value is 0.0700. The van der Waals surface area contributed by atoms with Crippen molar-refractivity contribution in [3.05, 3.63) is 0 Å². The third-order valence-electron chi connectivity index (χ3n) is 2.17. The van der Waals surface area contributed by atoms with Gasteiger partial charge in [0.05, 0.1) is 6.61 Å².